The molecular weight excluding hydrogens is 304 g/mol. The second-order valence-electron chi connectivity index (χ2n) is 5.75. The van der Waals surface area contributed by atoms with E-state index in [1.807, 2.05) is 42.5 Å². The summed E-state index contributed by atoms with van der Waals surface area (Å²) >= 11 is 1.67. The fourth-order valence-corrected chi connectivity index (χ4v) is 3.51. The standard InChI is InChI=1S/C19H22N2OS/c1-2-21(15-12-13-15)14-19(22)20-17-10-6-7-11-18(17)23-16-8-4-3-5-9-16/h3-11,15H,2,12-14H2,1H3,(H,20,22). The molecule has 0 spiro atoms. The third-order valence-corrected chi connectivity index (χ3v) is 5.03. The molecule has 1 fully saturated rings. The second kappa shape index (κ2) is 7.66. The molecule has 2 aromatic rings. The Labute approximate surface area is 142 Å². The van der Waals surface area contributed by atoms with Crippen molar-refractivity contribution in [2.75, 3.05) is 18.4 Å². The van der Waals surface area contributed by atoms with E-state index in [-0.39, 0.29) is 5.91 Å². The largest absolute Gasteiger partial charge is 0.324 e. The minimum absolute atomic E-state index is 0.0693. The van der Waals surface area contributed by atoms with E-state index in [0.717, 1.165) is 17.1 Å². The molecule has 0 unspecified atom stereocenters. The molecule has 0 atom stereocenters. The van der Waals surface area contributed by atoms with Gasteiger partial charge < -0.3 is 5.32 Å². The van der Waals surface area contributed by atoms with Gasteiger partial charge in [-0.3, -0.25) is 9.69 Å². The molecule has 0 heterocycles. The first kappa shape index (κ1) is 16.1. The van der Waals surface area contributed by atoms with Crippen LogP contribution in [0.4, 0.5) is 5.69 Å². The lowest BCUT2D eigenvalue weighted by molar-refractivity contribution is -0.117. The van der Waals surface area contributed by atoms with Crippen LogP contribution in [0.2, 0.25) is 0 Å². The van der Waals surface area contributed by atoms with Crippen LogP contribution < -0.4 is 5.32 Å². The summed E-state index contributed by atoms with van der Waals surface area (Å²) in [6.07, 6.45) is 2.45. The average Bonchev–Trinajstić information content (AvgIpc) is 3.40. The fraction of sp³-hybridized carbons (Fsp3) is 0.316. The summed E-state index contributed by atoms with van der Waals surface area (Å²) in [6.45, 7) is 3.52. The minimum Gasteiger partial charge on any atom is -0.324 e. The molecule has 0 radical (unpaired) electrons. The van der Waals surface area contributed by atoms with Crippen molar-refractivity contribution in [2.24, 2.45) is 0 Å². The summed E-state index contributed by atoms with van der Waals surface area (Å²) in [7, 11) is 0. The highest BCUT2D eigenvalue weighted by Crippen LogP contribution is 2.33. The van der Waals surface area contributed by atoms with Crippen molar-refractivity contribution in [3.63, 3.8) is 0 Å². The number of nitrogens with one attached hydrogen (secondary N) is 1. The summed E-state index contributed by atoms with van der Waals surface area (Å²) < 4.78 is 0. The fourth-order valence-electron chi connectivity index (χ4n) is 2.59. The van der Waals surface area contributed by atoms with Crippen molar-refractivity contribution >= 4 is 23.4 Å². The Kier molecular flexibility index (Phi) is 5.36. The second-order valence-corrected chi connectivity index (χ2v) is 6.87. The van der Waals surface area contributed by atoms with Crippen LogP contribution >= 0.6 is 11.8 Å². The van der Waals surface area contributed by atoms with Crippen molar-refractivity contribution in [1.29, 1.82) is 0 Å². The van der Waals surface area contributed by atoms with E-state index < -0.39 is 0 Å². The molecule has 120 valence electrons. The molecule has 1 aliphatic rings. The highest BCUT2D eigenvalue weighted by atomic mass is 32.2. The summed E-state index contributed by atoms with van der Waals surface area (Å²) in [5, 5.41) is 3.08. The molecular formula is C19H22N2OS. The maximum absolute atomic E-state index is 12.4. The molecule has 0 saturated heterocycles. The average molecular weight is 326 g/mol. The number of likely N-dealkylation sites (N-methyl/N-ethyl adjacent to an activating group) is 1. The Morgan fingerprint density at radius 3 is 2.52 bits per heavy atom. The van der Waals surface area contributed by atoms with Crippen molar-refractivity contribution < 1.29 is 4.79 Å². The molecule has 0 bridgehead atoms. The number of para-hydroxylation sites is 1. The van der Waals surface area contributed by atoms with Gasteiger partial charge in [-0.25, -0.2) is 0 Å². The van der Waals surface area contributed by atoms with Crippen LogP contribution in [-0.4, -0.2) is 29.9 Å². The third-order valence-electron chi connectivity index (χ3n) is 3.95. The molecule has 4 heteroatoms. The zero-order valence-corrected chi connectivity index (χ0v) is 14.2. The Morgan fingerprint density at radius 1 is 1.13 bits per heavy atom. The lowest BCUT2D eigenvalue weighted by atomic mass is 10.3. The highest BCUT2D eigenvalue weighted by molar-refractivity contribution is 7.99. The zero-order valence-electron chi connectivity index (χ0n) is 13.4. The molecule has 0 aromatic heterocycles. The van der Waals surface area contributed by atoms with Gasteiger partial charge >= 0.3 is 0 Å². The number of rotatable bonds is 7. The maximum atomic E-state index is 12.4. The Hall–Kier alpha value is -1.78. The quantitative estimate of drug-likeness (QED) is 0.825. The Morgan fingerprint density at radius 2 is 1.83 bits per heavy atom. The van der Waals surface area contributed by atoms with Gasteiger partial charge in [-0.1, -0.05) is 49.0 Å². The van der Waals surface area contributed by atoms with E-state index in [1.165, 1.54) is 17.7 Å². The van der Waals surface area contributed by atoms with Crippen LogP contribution in [-0.2, 0) is 4.79 Å². The van der Waals surface area contributed by atoms with Gasteiger partial charge in [0.25, 0.3) is 0 Å². The summed E-state index contributed by atoms with van der Waals surface area (Å²) in [6, 6.07) is 18.8. The van der Waals surface area contributed by atoms with Crippen molar-refractivity contribution in [3.8, 4) is 0 Å². The number of nitrogens with zero attached hydrogens (tertiary/aromatic N) is 1. The van der Waals surface area contributed by atoms with Gasteiger partial charge in [0.2, 0.25) is 5.91 Å². The summed E-state index contributed by atoms with van der Waals surface area (Å²) in [4.78, 5) is 16.8. The molecule has 1 N–H and O–H groups in total. The lowest BCUT2D eigenvalue weighted by Gasteiger charge is -2.19. The van der Waals surface area contributed by atoms with Gasteiger partial charge in [0, 0.05) is 15.8 Å². The van der Waals surface area contributed by atoms with Gasteiger partial charge in [0.15, 0.2) is 0 Å². The number of hydrogen-bond donors (Lipinski definition) is 1. The Bertz CT molecular complexity index is 655. The van der Waals surface area contributed by atoms with Crippen molar-refractivity contribution in [3.05, 3.63) is 54.6 Å². The summed E-state index contributed by atoms with van der Waals surface area (Å²) in [5.74, 6) is 0.0693. The Balaban J connectivity index is 1.66. The first-order valence-electron chi connectivity index (χ1n) is 8.12. The van der Waals surface area contributed by atoms with Crippen LogP contribution in [0.3, 0.4) is 0 Å². The van der Waals surface area contributed by atoms with Gasteiger partial charge in [0.05, 0.1) is 12.2 Å². The van der Waals surface area contributed by atoms with Crippen LogP contribution in [0.15, 0.2) is 64.4 Å². The number of carbonyl (C=O) groups excluding carboxylic acids is 1. The van der Waals surface area contributed by atoms with Gasteiger partial charge in [-0.15, -0.1) is 0 Å². The first-order valence-corrected chi connectivity index (χ1v) is 8.93. The predicted molar refractivity (Wildman–Crippen MR) is 95.9 cm³/mol. The molecule has 23 heavy (non-hydrogen) atoms. The molecule has 1 saturated carbocycles. The van der Waals surface area contributed by atoms with Crippen LogP contribution in [0.25, 0.3) is 0 Å². The number of carbonyl (C=O) groups is 1. The normalized spacial score (nSPS) is 14.0. The molecule has 2 aromatic carbocycles. The number of hydrogen-bond acceptors (Lipinski definition) is 3. The topological polar surface area (TPSA) is 32.3 Å². The van der Waals surface area contributed by atoms with Gasteiger partial charge in [-0.05, 0) is 43.7 Å². The number of anilines is 1. The number of amides is 1. The zero-order chi connectivity index (χ0) is 16.1. The first-order chi connectivity index (χ1) is 11.3. The smallest absolute Gasteiger partial charge is 0.238 e. The van der Waals surface area contributed by atoms with E-state index in [0.29, 0.717) is 12.6 Å². The number of benzene rings is 2. The van der Waals surface area contributed by atoms with Crippen LogP contribution in [0.1, 0.15) is 19.8 Å². The molecule has 3 rings (SSSR count). The minimum atomic E-state index is 0.0693. The maximum Gasteiger partial charge on any atom is 0.238 e. The van der Waals surface area contributed by atoms with E-state index in [9.17, 15) is 4.79 Å². The van der Waals surface area contributed by atoms with E-state index in [2.05, 4.69) is 29.3 Å². The summed E-state index contributed by atoms with van der Waals surface area (Å²) in [5.41, 5.74) is 0.887. The molecule has 0 aliphatic heterocycles. The highest BCUT2D eigenvalue weighted by Gasteiger charge is 2.29. The molecule has 1 amide bonds. The van der Waals surface area contributed by atoms with Crippen molar-refractivity contribution in [1.82, 2.24) is 4.90 Å². The SMILES string of the molecule is CCN(CC(=O)Nc1ccccc1Sc1ccccc1)C1CC1. The molecule has 1 aliphatic carbocycles. The lowest BCUT2D eigenvalue weighted by Crippen LogP contribution is -2.34. The van der Waals surface area contributed by atoms with Crippen molar-refractivity contribution in [2.45, 2.75) is 35.6 Å². The van der Waals surface area contributed by atoms with Gasteiger partial charge in [0.1, 0.15) is 0 Å². The monoisotopic (exact) mass is 326 g/mol. The van der Waals surface area contributed by atoms with E-state index in [1.54, 1.807) is 11.8 Å². The van der Waals surface area contributed by atoms with Gasteiger partial charge in [-0.2, -0.15) is 0 Å². The van der Waals surface area contributed by atoms with Crippen LogP contribution in [0.5, 0.6) is 0 Å². The third kappa shape index (κ3) is 4.60. The van der Waals surface area contributed by atoms with E-state index in [4.69, 9.17) is 0 Å². The molecule has 3 nitrogen and oxygen atoms in total. The predicted octanol–water partition coefficient (Wildman–Crippen LogP) is 4.26. The van der Waals surface area contributed by atoms with Crippen LogP contribution in [0, 0.1) is 0 Å². The van der Waals surface area contributed by atoms with E-state index >= 15 is 0 Å².